The largest absolute Gasteiger partial charge is 0.361 e. The van der Waals surface area contributed by atoms with Crippen LogP contribution < -0.4 is 5.32 Å². The van der Waals surface area contributed by atoms with E-state index in [1.165, 1.54) is 30.2 Å². The molecule has 0 spiro atoms. The number of hydrogen-bond acceptors (Lipinski definition) is 2. The van der Waals surface area contributed by atoms with Gasteiger partial charge < -0.3 is 5.32 Å². The van der Waals surface area contributed by atoms with Gasteiger partial charge in [-0.1, -0.05) is 39.5 Å². The van der Waals surface area contributed by atoms with Gasteiger partial charge in [0.1, 0.15) is 0 Å². The highest BCUT2D eigenvalue weighted by molar-refractivity contribution is 8.14. The van der Waals surface area contributed by atoms with E-state index in [0.717, 1.165) is 18.4 Å². The van der Waals surface area contributed by atoms with Crippen LogP contribution in [0.4, 0.5) is 0 Å². The zero-order valence-corrected chi connectivity index (χ0v) is 12.4. The van der Waals surface area contributed by atoms with Gasteiger partial charge in [-0.3, -0.25) is 4.99 Å². The Morgan fingerprint density at radius 2 is 2.06 bits per heavy atom. The van der Waals surface area contributed by atoms with Crippen molar-refractivity contribution in [2.24, 2.45) is 22.2 Å². The maximum atomic E-state index is 4.80. The summed E-state index contributed by atoms with van der Waals surface area (Å²) in [7, 11) is 0. The van der Waals surface area contributed by atoms with E-state index in [1.807, 2.05) is 11.8 Å². The number of nitrogens with one attached hydrogen (secondary N) is 1. The van der Waals surface area contributed by atoms with Gasteiger partial charge in [0, 0.05) is 18.3 Å². The van der Waals surface area contributed by atoms with Gasteiger partial charge in [0.25, 0.3) is 0 Å². The third-order valence-electron chi connectivity index (χ3n) is 4.16. The minimum Gasteiger partial charge on any atom is -0.361 e. The van der Waals surface area contributed by atoms with Crippen molar-refractivity contribution in [2.45, 2.75) is 53.0 Å². The lowest BCUT2D eigenvalue weighted by Gasteiger charge is -2.17. The highest BCUT2D eigenvalue weighted by Gasteiger charge is 2.45. The number of aliphatic imine (C=N–C) groups is 1. The number of hydrogen-bond donors (Lipinski definition) is 1. The van der Waals surface area contributed by atoms with E-state index < -0.39 is 0 Å². The molecule has 0 radical (unpaired) electrons. The zero-order chi connectivity index (χ0) is 12.5. The molecule has 1 atom stereocenters. The molecule has 2 nitrogen and oxygen atoms in total. The Bertz CT molecular complexity index is 293. The standard InChI is InChI=1S/C14H26N2S/c1-10(2)7-12-8-17-13(16-12)15-9-14(5-6-14)11(3)4/h10-12H,5-9H2,1-4H3,(H,15,16). The summed E-state index contributed by atoms with van der Waals surface area (Å²) in [6.07, 6.45) is 4.02. The summed E-state index contributed by atoms with van der Waals surface area (Å²) in [6.45, 7) is 10.3. The first-order valence-corrected chi connectivity index (χ1v) is 7.94. The lowest BCUT2D eigenvalue weighted by atomic mass is 9.93. The Hall–Kier alpha value is -0.180. The molecule has 0 amide bonds. The Balaban J connectivity index is 1.80. The van der Waals surface area contributed by atoms with Crippen molar-refractivity contribution in [1.82, 2.24) is 5.32 Å². The third kappa shape index (κ3) is 3.40. The van der Waals surface area contributed by atoms with Crippen molar-refractivity contribution >= 4 is 16.9 Å². The van der Waals surface area contributed by atoms with E-state index in [9.17, 15) is 0 Å². The summed E-state index contributed by atoms with van der Waals surface area (Å²) in [5.41, 5.74) is 0.547. The Kier molecular flexibility index (Phi) is 4.06. The minimum atomic E-state index is 0.547. The zero-order valence-electron chi connectivity index (χ0n) is 11.6. The van der Waals surface area contributed by atoms with Crippen molar-refractivity contribution < 1.29 is 0 Å². The topological polar surface area (TPSA) is 24.4 Å². The maximum absolute atomic E-state index is 4.80. The Labute approximate surface area is 110 Å². The van der Waals surface area contributed by atoms with Crippen molar-refractivity contribution in [2.75, 3.05) is 12.3 Å². The number of amidine groups is 1. The molecule has 0 aromatic carbocycles. The molecule has 0 aromatic heterocycles. The average Bonchev–Trinajstić information content (AvgIpc) is 2.92. The van der Waals surface area contributed by atoms with Crippen molar-refractivity contribution in [3.8, 4) is 0 Å². The molecule has 1 saturated heterocycles. The quantitative estimate of drug-likeness (QED) is 0.811. The van der Waals surface area contributed by atoms with Crippen LogP contribution >= 0.6 is 11.8 Å². The number of rotatable bonds is 5. The molecule has 0 aromatic rings. The first-order chi connectivity index (χ1) is 8.02. The molecule has 2 fully saturated rings. The smallest absolute Gasteiger partial charge is 0.156 e. The van der Waals surface area contributed by atoms with Gasteiger partial charge in [-0.15, -0.1) is 0 Å². The Morgan fingerprint density at radius 3 is 2.59 bits per heavy atom. The summed E-state index contributed by atoms with van der Waals surface area (Å²) in [5, 5.41) is 4.77. The first-order valence-electron chi connectivity index (χ1n) is 6.95. The highest BCUT2D eigenvalue weighted by atomic mass is 32.2. The van der Waals surface area contributed by atoms with E-state index >= 15 is 0 Å². The monoisotopic (exact) mass is 254 g/mol. The minimum absolute atomic E-state index is 0.547. The average molecular weight is 254 g/mol. The molecule has 1 heterocycles. The molecule has 1 N–H and O–H groups in total. The predicted octanol–water partition coefficient (Wildman–Crippen LogP) is 3.53. The van der Waals surface area contributed by atoms with Crippen LogP contribution in [-0.2, 0) is 0 Å². The van der Waals surface area contributed by atoms with Crippen LogP contribution in [-0.4, -0.2) is 23.5 Å². The highest BCUT2D eigenvalue weighted by Crippen LogP contribution is 2.52. The lowest BCUT2D eigenvalue weighted by molar-refractivity contribution is 0.371. The van der Waals surface area contributed by atoms with E-state index in [0.29, 0.717) is 11.5 Å². The van der Waals surface area contributed by atoms with Crippen LogP contribution in [0.25, 0.3) is 0 Å². The maximum Gasteiger partial charge on any atom is 0.156 e. The van der Waals surface area contributed by atoms with Gasteiger partial charge in [-0.25, -0.2) is 0 Å². The Morgan fingerprint density at radius 1 is 1.35 bits per heavy atom. The predicted molar refractivity (Wildman–Crippen MR) is 77.6 cm³/mol. The number of thioether (sulfide) groups is 1. The summed E-state index contributed by atoms with van der Waals surface area (Å²) in [5.74, 6) is 2.76. The van der Waals surface area contributed by atoms with E-state index in [2.05, 4.69) is 33.0 Å². The molecule has 1 aliphatic heterocycles. The molecule has 98 valence electrons. The molecular weight excluding hydrogens is 228 g/mol. The third-order valence-corrected chi connectivity index (χ3v) is 5.25. The molecule has 2 rings (SSSR count). The van der Waals surface area contributed by atoms with Gasteiger partial charge in [0.05, 0.1) is 0 Å². The SMILES string of the molecule is CC(C)CC1CSC(=NCC2(C(C)C)CC2)N1. The van der Waals surface area contributed by atoms with Gasteiger partial charge >= 0.3 is 0 Å². The second kappa shape index (κ2) is 5.21. The van der Waals surface area contributed by atoms with Crippen LogP contribution in [0.2, 0.25) is 0 Å². The fourth-order valence-electron chi connectivity index (χ4n) is 2.53. The molecule has 1 unspecified atom stereocenters. The van der Waals surface area contributed by atoms with Crippen LogP contribution in [0.15, 0.2) is 4.99 Å². The van der Waals surface area contributed by atoms with Crippen LogP contribution in [0, 0.1) is 17.3 Å². The summed E-state index contributed by atoms with van der Waals surface area (Å²) < 4.78 is 0. The number of nitrogens with zero attached hydrogens (tertiary/aromatic N) is 1. The molecule has 1 saturated carbocycles. The lowest BCUT2D eigenvalue weighted by Crippen LogP contribution is -2.28. The van der Waals surface area contributed by atoms with Gasteiger partial charge in [0.15, 0.2) is 5.17 Å². The molecule has 1 aliphatic carbocycles. The van der Waals surface area contributed by atoms with Crippen molar-refractivity contribution in [1.29, 1.82) is 0 Å². The van der Waals surface area contributed by atoms with E-state index in [1.54, 1.807) is 0 Å². The molecule has 17 heavy (non-hydrogen) atoms. The molecule has 0 bridgehead atoms. The van der Waals surface area contributed by atoms with Crippen molar-refractivity contribution in [3.63, 3.8) is 0 Å². The van der Waals surface area contributed by atoms with Crippen LogP contribution in [0.3, 0.4) is 0 Å². The van der Waals surface area contributed by atoms with E-state index in [-0.39, 0.29) is 0 Å². The molecule has 3 heteroatoms. The van der Waals surface area contributed by atoms with Crippen molar-refractivity contribution in [3.05, 3.63) is 0 Å². The second-order valence-electron chi connectivity index (χ2n) is 6.42. The van der Waals surface area contributed by atoms with Crippen LogP contribution in [0.5, 0.6) is 0 Å². The fraction of sp³-hybridized carbons (Fsp3) is 0.929. The molecular formula is C14H26N2S. The fourth-order valence-corrected chi connectivity index (χ4v) is 3.52. The van der Waals surface area contributed by atoms with Gasteiger partial charge in [-0.2, -0.15) is 0 Å². The van der Waals surface area contributed by atoms with E-state index in [4.69, 9.17) is 4.99 Å². The first kappa shape index (κ1) is 13.3. The van der Waals surface area contributed by atoms with Gasteiger partial charge in [0.2, 0.25) is 0 Å². The molecule has 2 aliphatic rings. The van der Waals surface area contributed by atoms with Gasteiger partial charge in [-0.05, 0) is 36.5 Å². The second-order valence-corrected chi connectivity index (χ2v) is 7.43. The summed E-state index contributed by atoms with van der Waals surface area (Å²) >= 11 is 1.91. The normalized spacial score (nSPS) is 29.1. The van der Waals surface area contributed by atoms with Crippen LogP contribution in [0.1, 0.15) is 47.0 Å². The summed E-state index contributed by atoms with van der Waals surface area (Å²) in [4.78, 5) is 4.80. The summed E-state index contributed by atoms with van der Waals surface area (Å²) in [6, 6.07) is 0.646.